The second-order valence-electron chi connectivity index (χ2n) is 12.7. The van der Waals surface area contributed by atoms with E-state index in [9.17, 15) is 0 Å². The first-order chi connectivity index (χ1) is 19.6. The Morgan fingerprint density at radius 2 is 1.38 bits per heavy atom. The molecule has 6 rings (SSSR count). The number of rotatable bonds is 10. The zero-order chi connectivity index (χ0) is 27.7. The number of allylic oxidation sites excluding steroid dienone is 4. The fourth-order valence-electron chi connectivity index (χ4n) is 8.47. The molecule has 0 spiro atoms. The predicted octanol–water partition coefficient (Wildman–Crippen LogP) is 11.4. The Kier molecular flexibility index (Phi) is 7.76. The summed E-state index contributed by atoms with van der Waals surface area (Å²) in [6.45, 7) is 9.64. The van der Waals surface area contributed by atoms with E-state index >= 15 is 0 Å². The molecule has 4 atom stereocenters. The first-order valence-electron chi connectivity index (χ1n) is 16.1. The predicted molar refractivity (Wildman–Crippen MR) is 172 cm³/mol. The van der Waals surface area contributed by atoms with Gasteiger partial charge in [0.2, 0.25) is 0 Å². The Morgan fingerprint density at radius 1 is 0.750 bits per heavy atom. The van der Waals surface area contributed by atoms with Gasteiger partial charge in [-0.1, -0.05) is 114 Å². The average Bonchev–Trinajstić information content (AvgIpc) is 3.45. The van der Waals surface area contributed by atoms with Crippen molar-refractivity contribution >= 4 is 22.6 Å². The Bertz CT molecular complexity index is 1320. The van der Waals surface area contributed by atoms with Crippen LogP contribution in [0.3, 0.4) is 0 Å². The van der Waals surface area contributed by atoms with Crippen LogP contribution in [0.5, 0.6) is 0 Å². The van der Waals surface area contributed by atoms with Crippen molar-refractivity contribution in [2.24, 2.45) is 23.7 Å². The molecule has 1 fully saturated rings. The number of hydrogen-bond donors (Lipinski definition) is 0. The maximum Gasteiger partial charge on any atom is 0.0465 e. The monoisotopic (exact) mass is 529 g/mol. The highest BCUT2D eigenvalue weighted by Gasteiger charge is 2.49. The van der Waals surface area contributed by atoms with Gasteiger partial charge in [0.05, 0.1) is 0 Å². The number of unbranched alkanes of at least 4 members (excludes halogenated alkanes) is 2. The third-order valence-corrected chi connectivity index (χ3v) is 10.4. The quantitative estimate of drug-likeness (QED) is 0.252. The van der Waals surface area contributed by atoms with Gasteiger partial charge in [-0.2, -0.15) is 0 Å². The summed E-state index contributed by atoms with van der Waals surface area (Å²) in [5.74, 6) is 3.04. The van der Waals surface area contributed by atoms with Gasteiger partial charge in [0, 0.05) is 22.5 Å². The van der Waals surface area contributed by atoms with Gasteiger partial charge >= 0.3 is 0 Å². The van der Waals surface area contributed by atoms with Crippen LogP contribution in [0.15, 0.2) is 96.6 Å². The molecule has 0 aromatic heterocycles. The Labute approximate surface area is 243 Å². The van der Waals surface area contributed by atoms with Gasteiger partial charge < -0.3 is 4.90 Å². The van der Waals surface area contributed by atoms with Crippen LogP contribution >= 0.6 is 0 Å². The molecular formula is C39H47N. The molecule has 0 saturated heterocycles. The second kappa shape index (κ2) is 11.4. The first kappa shape index (κ1) is 27.1. The third-order valence-electron chi connectivity index (χ3n) is 10.4. The van der Waals surface area contributed by atoms with Crippen molar-refractivity contribution in [2.75, 3.05) is 4.90 Å². The molecule has 0 bridgehead atoms. The lowest BCUT2D eigenvalue weighted by Gasteiger charge is -2.36. The fourth-order valence-corrected chi connectivity index (χ4v) is 8.47. The number of anilines is 3. The molecule has 1 saturated carbocycles. The van der Waals surface area contributed by atoms with Crippen molar-refractivity contribution in [2.45, 2.75) is 84.5 Å². The van der Waals surface area contributed by atoms with E-state index in [1.54, 1.807) is 16.7 Å². The van der Waals surface area contributed by atoms with E-state index in [0.29, 0.717) is 11.8 Å². The van der Waals surface area contributed by atoms with Crippen LogP contribution in [0.2, 0.25) is 0 Å². The Hall–Kier alpha value is -3.06. The third kappa shape index (κ3) is 4.56. The van der Waals surface area contributed by atoms with Gasteiger partial charge in [-0.25, -0.2) is 0 Å². The van der Waals surface area contributed by atoms with Gasteiger partial charge in [0.15, 0.2) is 0 Å². The normalized spacial score (nSPS) is 24.1. The number of nitrogens with zero attached hydrogens (tertiary/aromatic N) is 1. The topological polar surface area (TPSA) is 3.24 Å². The summed E-state index contributed by atoms with van der Waals surface area (Å²) in [6.07, 6.45) is 15.7. The minimum absolute atomic E-state index is 0.122. The summed E-state index contributed by atoms with van der Waals surface area (Å²) in [5, 5.41) is 0. The van der Waals surface area contributed by atoms with Crippen LogP contribution in [0.1, 0.15) is 90.2 Å². The Balaban J connectivity index is 1.54. The summed E-state index contributed by atoms with van der Waals surface area (Å²) in [4.78, 5) is 2.44. The number of benzene rings is 3. The lowest BCUT2D eigenvalue weighted by molar-refractivity contribution is 0.342. The van der Waals surface area contributed by atoms with E-state index in [-0.39, 0.29) is 5.41 Å². The molecule has 208 valence electrons. The molecule has 0 aliphatic heterocycles. The van der Waals surface area contributed by atoms with Crippen LogP contribution in [-0.4, -0.2) is 0 Å². The van der Waals surface area contributed by atoms with Gasteiger partial charge in [-0.05, 0) is 102 Å². The number of para-hydroxylation sites is 2. The molecular weight excluding hydrogens is 482 g/mol. The minimum atomic E-state index is 0.122. The average molecular weight is 530 g/mol. The van der Waals surface area contributed by atoms with E-state index in [4.69, 9.17) is 0 Å². The summed E-state index contributed by atoms with van der Waals surface area (Å²) >= 11 is 0. The summed E-state index contributed by atoms with van der Waals surface area (Å²) in [6, 6.07) is 29.2. The van der Waals surface area contributed by atoms with Crippen LogP contribution in [0, 0.1) is 23.7 Å². The molecule has 0 radical (unpaired) electrons. The van der Waals surface area contributed by atoms with E-state index in [1.165, 1.54) is 74.0 Å². The highest BCUT2D eigenvalue weighted by Crippen LogP contribution is 2.61. The molecule has 3 aromatic carbocycles. The summed E-state index contributed by atoms with van der Waals surface area (Å²) in [5.41, 5.74) is 10.2. The molecule has 4 unspecified atom stereocenters. The van der Waals surface area contributed by atoms with E-state index in [2.05, 4.69) is 124 Å². The summed E-state index contributed by atoms with van der Waals surface area (Å²) < 4.78 is 0. The first-order valence-corrected chi connectivity index (χ1v) is 16.1. The van der Waals surface area contributed by atoms with Crippen molar-refractivity contribution in [1.29, 1.82) is 0 Å². The largest absolute Gasteiger partial charge is 0.310 e. The van der Waals surface area contributed by atoms with Crippen molar-refractivity contribution < 1.29 is 0 Å². The molecule has 3 aromatic rings. The number of fused-ring (bicyclic) bond motifs is 4. The van der Waals surface area contributed by atoms with Crippen molar-refractivity contribution in [3.63, 3.8) is 0 Å². The van der Waals surface area contributed by atoms with Crippen molar-refractivity contribution in [1.82, 2.24) is 0 Å². The molecule has 3 aliphatic rings. The maximum absolute atomic E-state index is 2.81. The summed E-state index contributed by atoms with van der Waals surface area (Å²) in [7, 11) is 0. The zero-order valence-electron chi connectivity index (χ0n) is 25.1. The molecule has 0 amide bonds. The molecule has 1 nitrogen and oxygen atoms in total. The van der Waals surface area contributed by atoms with Gasteiger partial charge in [-0.3, -0.25) is 0 Å². The van der Waals surface area contributed by atoms with E-state index < -0.39 is 0 Å². The smallest absolute Gasteiger partial charge is 0.0465 e. The molecule has 1 heteroatoms. The standard InChI is InChI=1S/C39H47N/c1-5-8-22-39(23-9-6-2)37-26-32(40(30-16-12-10-13-17-30)31-18-14-11-15-19-31)20-21-34(37)36-25-29-24-28(4)33(7-3)35(29)27-38(36)39/h10-21,25-29,33,35H,5-9,22-24H2,1-4H3. The van der Waals surface area contributed by atoms with Crippen LogP contribution < -0.4 is 4.90 Å². The lowest BCUT2D eigenvalue weighted by atomic mass is 9.67. The zero-order valence-corrected chi connectivity index (χ0v) is 25.1. The lowest BCUT2D eigenvalue weighted by Crippen LogP contribution is -2.28. The maximum atomic E-state index is 2.81. The van der Waals surface area contributed by atoms with Crippen molar-refractivity contribution in [3.8, 4) is 0 Å². The van der Waals surface area contributed by atoms with Crippen LogP contribution in [0.25, 0.3) is 5.57 Å². The molecule has 40 heavy (non-hydrogen) atoms. The molecule has 0 heterocycles. The SMILES string of the molecule is CCCCC1(CCCC)C2=CC3C(C=C2c2ccc(N(c4ccccc4)c4ccccc4)cc21)CC(C)C3CC. The fraction of sp³-hybridized carbons (Fsp3) is 0.436. The number of hydrogen-bond acceptors (Lipinski definition) is 1. The highest BCUT2D eigenvalue weighted by molar-refractivity contribution is 5.92. The Morgan fingerprint density at radius 3 is 1.95 bits per heavy atom. The van der Waals surface area contributed by atoms with Gasteiger partial charge in [-0.15, -0.1) is 0 Å². The van der Waals surface area contributed by atoms with E-state index in [0.717, 1.165) is 11.8 Å². The van der Waals surface area contributed by atoms with Gasteiger partial charge in [0.1, 0.15) is 0 Å². The van der Waals surface area contributed by atoms with Crippen LogP contribution in [0.4, 0.5) is 17.1 Å². The second-order valence-corrected chi connectivity index (χ2v) is 12.7. The van der Waals surface area contributed by atoms with Gasteiger partial charge in [0.25, 0.3) is 0 Å². The van der Waals surface area contributed by atoms with Crippen LogP contribution in [-0.2, 0) is 5.41 Å². The van der Waals surface area contributed by atoms with Crippen molar-refractivity contribution in [3.05, 3.63) is 108 Å². The molecule has 0 N–H and O–H groups in total. The van der Waals surface area contributed by atoms with E-state index in [1.807, 2.05) is 0 Å². The molecule has 3 aliphatic carbocycles. The minimum Gasteiger partial charge on any atom is -0.310 e. The highest BCUT2D eigenvalue weighted by atomic mass is 15.1.